The van der Waals surface area contributed by atoms with Crippen LogP contribution in [-0.4, -0.2) is 6.61 Å². The summed E-state index contributed by atoms with van der Waals surface area (Å²) in [7, 11) is 0. The molecule has 0 bridgehead atoms. The monoisotopic (exact) mass is 193 g/mol. The number of ether oxygens (including phenoxy) is 1. The van der Waals surface area contributed by atoms with E-state index in [4.69, 9.17) is 10.5 Å². The van der Waals surface area contributed by atoms with Crippen LogP contribution in [0.5, 0.6) is 5.75 Å². The Labute approximate surface area is 86.1 Å². The maximum atomic E-state index is 5.77. The third-order valence-corrected chi connectivity index (χ3v) is 2.28. The van der Waals surface area contributed by atoms with Gasteiger partial charge in [-0.15, -0.1) is 0 Å². The zero-order chi connectivity index (χ0) is 10.6. The molecule has 0 fully saturated rings. The number of hydrogen-bond acceptors (Lipinski definition) is 2. The normalized spacial score (nSPS) is 10.6. The van der Waals surface area contributed by atoms with Crippen molar-refractivity contribution in [1.82, 2.24) is 0 Å². The second-order valence-electron chi connectivity index (χ2n) is 4.00. The van der Waals surface area contributed by atoms with Crippen molar-refractivity contribution >= 4 is 5.69 Å². The Morgan fingerprint density at radius 3 is 2.71 bits per heavy atom. The summed E-state index contributed by atoms with van der Waals surface area (Å²) in [5, 5.41) is 0. The smallest absolute Gasteiger partial charge is 0.124 e. The molecule has 0 unspecified atom stereocenters. The molecule has 0 radical (unpaired) electrons. The zero-order valence-electron chi connectivity index (χ0n) is 9.21. The highest BCUT2D eigenvalue weighted by Crippen LogP contribution is 2.23. The van der Waals surface area contributed by atoms with Crippen LogP contribution >= 0.6 is 0 Å². The lowest BCUT2D eigenvalue weighted by Gasteiger charge is -2.11. The number of anilines is 1. The van der Waals surface area contributed by atoms with Crippen LogP contribution in [0.3, 0.4) is 0 Å². The van der Waals surface area contributed by atoms with E-state index in [0.29, 0.717) is 5.92 Å². The molecule has 1 rings (SSSR count). The molecule has 0 aliphatic rings. The van der Waals surface area contributed by atoms with Crippen molar-refractivity contribution in [3.05, 3.63) is 23.8 Å². The van der Waals surface area contributed by atoms with Crippen molar-refractivity contribution in [3.63, 3.8) is 0 Å². The average molecular weight is 193 g/mol. The van der Waals surface area contributed by atoms with E-state index < -0.39 is 0 Å². The summed E-state index contributed by atoms with van der Waals surface area (Å²) in [5.74, 6) is 1.59. The predicted molar refractivity (Wildman–Crippen MR) is 60.5 cm³/mol. The molecule has 2 N–H and O–H groups in total. The van der Waals surface area contributed by atoms with Crippen LogP contribution in [0.25, 0.3) is 0 Å². The van der Waals surface area contributed by atoms with Crippen LogP contribution in [-0.2, 0) is 0 Å². The van der Waals surface area contributed by atoms with Crippen LogP contribution in [0, 0.1) is 12.8 Å². The molecule has 2 heteroatoms. The Hall–Kier alpha value is -1.18. The quantitative estimate of drug-likeness (QED) is 0.746. The second kappa shape index (κ2) is 4.89. The fraction of sp³-hybridized carbons (Fsp3) is 0.500. The first kappa shape index (κ1) is 10.9. The highest BCUT2D eigenvalue weighted by molar-refractivity contribution is 5.53. The Morgan fingerprint density at radius 1 is 1.36 bits per heavy atom. The van der Waals surface area contributed by atoms with E-state index in [1.807, 2.05) is 25.1 Å². The standard InChI is InChI=1S/C12H19NO/c1-9(2)7-8-14-12-6-4-5-11(13)10(12)3/h4-6,9H,7-8,13H2,1-3H3. The van der Waals surface area contributed by atoms with E-state index in [1.165, 1.54) is 0 Å². The van der Waals surface area contributed by atoms with E-state index in [9.17, 15) is 0 Å². The molecule has 0 atom stereocenters. The molecule has 0 amide bonds. The van der Waals surface area contributed by atoms with E-state index in [1.54, 1.807) is 0 Å². The first-order valence-electron chi connectivity index (χ1n) is 5.09. The molecular formula is C12H19NO. The molecule has 0 saturated heterocycles. The van der Waals surface area contributed by atoms with Gasteiger partial charge < -0.3 is 10.5 Å². The van der Waals surface area contributed by atoms with Crippen molar-refractivity contribution in [2.45, 2.75) is 27.2 Å². The Balaban J connectivity index is 2.54. The van der Waals surface area contributed by atoms with Gasteiger partial charge in [-0.2, -0.15) is 0 Å². The summed E-state index contributed by atoms with van der Waals surface area (Å²) in [5.41, 5.74) is 7.61. The van der Waals surface area contributed by atoms with Gasteiger partial charge in [-0.05, 0) is 31.4 Å². The maximum absolute atomic E-state index is 5.77. The van der Waals surface area contributed by atoms with Crippen molar-refractivity contribution in [3.8, 4) is 5.75 Å². The SMILES string of the molecule is Cc1c(N)cccc1OCCC(C)C. The number of nitrogen functional groups attached to an aromatic ring is 1. The van der Waals surface area contributed by atoms with E-state index in [-0.39, 0.29) is 0 Å². The average Bonchev–Trinajstić information content (AvgIpc) is 2.12. The fourth-order valence-corrected chi connectivity index (χ4v) is 1.19. The van der Waals surface area contributed by atoms with Gasteiger partial charge in [0.1, 0.15) is 5.75 Å². The largest absolute Gasteiger partial charge is 0.493 e. The number of benzene rings is 1. The summed E-state index contributed by atoms with van der Waals surface area (Å²) in [4.78, 5) is 0. The molecule has 14 heavy (non-hydrogen) atoms. The van der Waals surface area contributed by atoms with Crippen molar-refractivity contribution in [2.75, 3.05) is 12.3 Å². The molecule has 0 saturated carbocycles. The number of hydrogen-bond donors (Lipinski definition) is 1. The number of rotatable bonds is 4. The van der Waals surface area contributed by atoms with Gasteiger partial charge in [-0.1, -0.05) is 19.9 Å². The van der Waals surface area contributed by atoms with Crippen LogP contribution in [0.4, 0.5) is 5.69 Å². The lowest BCUT2D eigenvalue weighted by molar-refractivity contribution is 0.288. The van der Waals surface area contributed by atoms with E-state index >= 15 is 0 Å². The minimum atomic E-state index is 0.677. The lowest BCUT2D eigenvalue weighted by atomic mass is 10.1. The Morgan fingerprint density at radius 2 is 2.07 bits per heavy atom. The summed E-state index contributed by atoms with van der Waals surface area (Å²) < 4.78 is 5.65. The minimum absolute atomic E-state index is 0.677. The molecule has 0 aliphatic heterocycles. The van der Waals surface area contributed by atoms with E-state index in [0.717, 1.165) is 30.0 Å². The van der Waals surface area contributed by atoms with E-state index in [2.05, 4.69) is 13.8 Å². The van der Waals surface area contributed by atoms with Gasteiger partial charge in [0.2, 0.25) is 0 Å². The van der Waals surface area contributed by atoms with Crippen LogP contribution in [0.15, 0.2) is 18.2 Å². The van der Waals surface area contributed by atoms with Gasteiger partial charge in [0.15, 0.2) is 0 Å². The summed E-state index contributed by atoms with van der Waals surface area (Å²) in [6, 6.07) is 5.78. The zero-order valence-corrected chi connectivity index (χ0v) is 9.21. The van der Waals surface area contributed by atoms with Gasteiger partial charge in [-0.25, -0.2) is 0 Å². The molecular weight excluding hydrogens is 174 g/mol. The van der Waals surface area contributed by atoms with Crippen LogP contribution < -0.4 is 10.5 Å². The van der Waals surface area contributed by atoms with Gasteiger partial charge in [0.25, 0.3) is 0 Å². The second-order valence-corrected chi connectivity index (χ2v) is 4.00. The fourth-order valence-electron chi connectivity index (χ4n) is 1.19. The molecule has 0 heterocycles. The topological polar surface area (TPSA) is 35.2 Å². The third-order valence-electron chi connectivity index (χ3n) is 2.28. The molecule has 2 nitrogen and oxygen atoms in total. The van der Waals surface area contributed by atoms with Gasteiger partial charge in [0.05, 0.1) is 6.61 Å². The predicted octanol–water partition coefficient (Wildman–Crippen LogP) is 3.00. The molecule has 1 aromatic carbocycles. The highest BCUT2D eigenvalue weighted by atomic mass is 16.5. The highest BCUT2D eigenvalue weighted by Gasteiger charge is 2.02. The Kier molecular flexibility index (Phi) is 3.81. The molecule has 78 valence electrons. The summed E-state index contributed by atoms with van der Waals surface area (Å²) in [6.07, 6.45) is 1.08. The van der Waals surface area contributed by atoms with Crippen LogP contribution in [0.2, 0.25) is 0 Å². The first-order valence-corrected chi connectivity index (χ1v) is 5.09. The minimum Gasteiger partial charge on any atom is -0.493 e. The number of nitrogens with two attached hydrogens (primary N) is 1. The maximum Gasteiger partial charge on any atom is 0.124 e. The lowest BCUT2D eigenvalue weighted by Crippen LogP contribution is -2.03. The summed E-state index contributed by atoms with van der Waals surface area (Å²) in [6.45, 7) is 7.13. The molecule has 0 aliphatic carbocycles. The van der Waals surface area contributed by atoms with Crippen LogP contribution in [0.1, 0.15) is 25.8 Å². The molecule has 0 aromatic heterocycles. The first-order chi connectivity index (χ1) is 6.61. The molecule has 0 spiro atoms. The third kappa shape index (κ3) is 2.95. The van der Waals surface area contributed by atoms with Crippen molar-refractivity contribution < 1.29 is 4.74 Å². The van der Waals surface area contributed by atoms with Gasteiger partial charge >= 0.3 is 0 Å². The van der Waals surface area contributed by atoms with Gasteiger partial charge in [0, 0.05) is 11.3 Å². The van der Waals surface area contributed by atoms with Crippen molar-refractivity contribution in [2.24, 2.45) is 5.92 Å². The summed E-state index contributed by atoms with van der Waals surface area (Å²) >= 11 is 0. The van der Waals surface area contributed by atoms with Gasteiger partial charge in [-0.3, -0.25) is 0 Å². The Bertz CT molecular complexity index is 294. The van der Waals surface area contributed by atoms with Crippen molar-refractivity contribution in [1.29, 1.82) is 0 Å². The molecule has 1 aromatic rings.